The van der Waals surface area contributed by atoms with Crippen LogP contribution in [0.1, 0.15) is 17.5 Å². The number of carbonyl (C=O) groups is 1. The normalized spacial score (nSPS) is 11.5. The van der Waals surface area contributed by atoms with E-state index in [-0.39, 0.29) is 18.9 Å². The smallest absolute Gasteiger partial charge is 0.233 e. The lowest BCUT2D eigenvalue weighted by atomic mass is 10.2. The van der Waals surface area contributed by atoms with Gasteiger partial charge in [0.2, 0.25) is 15.9 Å². The number of benzene rings is 2. The molecule has 0 bridgehead atoms. The average molecular weight is 344 g/mol. The summed E-state index contributed by atoms with van der Waals surface area (Å²) in [7, 11) is -3.57. The highest BCUT2D eigenvalue weighted by atomic mass is 32.2. The maximum Gasteiger partial charge on any atom is 0.233 e. The summed E-state index contributed by atoms with van der Waals surface area (Å²) in [6, 6.07) is 16.6. The maximum atomic E-state index is 11.9. The molecule has 0 atom stereocenters. The van der Waals surface area contributed by atoms with E-state index >= 15 is 0 Å². The molecule has 0 aliphatic carbocycles. The van der Waals surface area contributed by atoms with Gasteiger partial charge in [0, 0.05) is 24.1 Å². The van der Waals surface area contributed by atoms with E-state index in [2.05, 4.69) is 10.0 Å². The van der Waals surface area contributed by atoms with Gasteiger partial charge in [-0.2, -0.15) is 0 Å². The van der Waals surface area contributed by atoms with Gasteiger partial charge in [-0.05, 0) is 30.2 Å². The van der Waals surface area contributed by atoms with E-state index in [9.17, 15) is 13.2 Å². The molecule has 1 amide bonds. The van der Waals surface area contributed by atoms with Gasteiger partial charge in [-0.1, -0.05) is 48.5 Å². The first kappa shape index (κ1) is 17.9. The van der Waals surface area contributed by atoms with E-state index in [0.29, 0.717) is 0 Å². The number of aryl methyl sites for hydroxylation is 1. The molecule has 0 radical (unpaired) electrons. The van der Waals surface area contributed by atoms with Crippen molar-refractivity contribution in [1.29, 1.82) is 0 Å². The van der Waals surface area contributed by atoms with Crippen LogP contribution in [0, 0.1) is 6.92 Å². The molecular formula is C18H20N2O3S. The van der Waals surface area contributed by atoms with Crippen molar-refractivity contribution < 1.29 is 13.2 Å². The summed E-state index contributed by atoms with van der Waals surface area (Å²) < 4.78 is 26.1. The molecule has 2 rings (SSSR count). The first-order valence-electron chi connectivity index (χ1n) is 7.54. The van der Waals surface area contributed by atoms with Gasteiger partial charge in [-0.3, -0.25) is 4.79 Å². The highest BCUT2D eigenvalue weighted by Crippen LogP contribution is 2.13. The Balaban J connectivity index is 1.81. The monoisotopic (exact) mass is 344 g/mol. The van der Waals surface area contributed by atoms with Crippen molar-refractivity contribution in [3.8, 4) is 0 Å². The fourth-order valence-corrected chi connectivity index (χ4v) is 2.83. The lowest BCUT2D eigenvalue weighted by Crippen LogP contribution is -2.26. The number of sulfonamides is 1. The minimum atomic E-state index is -3.57. The second-order valence-electron chi connectivity index (χ2n) is 5.27. The van der Waals surface area contributed by atoms with Crippen LogP contribution >= 0.6 is 0 Å². The van der Waals surface area contributed by atoms with Crippen LogP contribution in [0.5, 0.6) is 0 Å². The summed E-state index contributed by atoms with van der Waals surface area (Å²) in [5.41, 5.74) is 2.48. The van der Waals surface area contributed by atoms with Gasteiger partial charge in [-0.25, -0.2) is 13.1 Å². The van der Waals surface area contributed by atoms with Crippen LogP contribution in [-0.4, -0.2) is 20.9 Å². The van der Waals surface area contributed by atoms with E-state index in [4.69, 9.17) is 0 Å². The number of anilines is 1. The Kier molecular flexibility index (Phi) is 6.28. The van der Waals surface area contributed by atoms with E-state index in [1.807, 2.05) is 55.5 Å². The van der Waals surface area contributed by atoms with Gasteiger partial charge in [0.1, 0.15) is 0 Å². The third-order valence-electron chi connectivity index (χ3n) is 3.31. The molecule has 6 heteroatoms. The largest absolute Gasteiger partial charge is 0.326 e. The number of hydrogen-bond donors (Lipinski definition) is 2. The Labute approximate surface area is 142 Å². The van der Waals surface area contributed by atoms with E-state index in [1.165, 1.54) is 6.08 Å². The summed E-state index contributed by atoms with van der Waals surface area (Å²) in [4.78, 5) is 11.9. The predicted octanol–water partition coefficient (Wildman–Crippen LogP) is 2.91. The molecule has 24 heavy (non-hydrogen) atoms. The SMILES string of the molecule is Cc1ccccc1NC(=O)CCNS(=O)(=O)/C=C/c1ccccc1. The number of hydrogen-bond acceptors (Lipinski definition) is 3. The van der Waals surface area contributed by atoms with Gasteiger partial charge in [0.15, 0.2) is 0 Å². The van der Waals surface area contributed by atoms with Crippen LogP contribution < -0.4 is 10.0 Å². The second kappa shape index (κ2) is 8.42. The standard InChI is InChI=1S/C18H20N2O3S/c1-15-7-5-6-10-17(15)20-18(21)11-13-19-24(22,23)14-12-16-8-3-2-4-9-16/h2-10,12,14,19H,11,13H2,1H3,(H,20,21)/b14-12+. The molecule has 0 fully saturated rings. The fourth-order valence-electron chi connectivity index (χ4n) is 2.01. The number of para-hydroxylation sites is 1. The zero-order valence-corrected chi connectivity index (χ0v) is 14.2. The lowest BCUT2D eigenvalue weighted by molar-refractivity contribution is -0.116. The summed E-state index contributed by atoms with van der Waals surface area (Å²) in [6.07, 6.45) is 1.57. The molecule has 0 aromatic heterocycles. The Morgan fingerprint density at radius 3 is 2.42 bits per heavy atom. The molecule has 2 N–H and O–H groups in total. The van der Waals surface area contributed by atoms with Gasteiger partial charge >= 0.3 is 0 Å². The van der Waals surface area contributed by atoms with Gasteiger partial charge in [0.25, 0.3) is 0 Å². The Hall–Kier alpha value is -2.44. The Bertz CT molecular complexity index is 815. The van der Waals surface area contributed by atoms with Gasteiger partial charge in [0.05, 0.1) is 0 Å². The Morgan fingerprint density at radius 2 is 1.71 bits per heavy atom. The zero-order valence-electron chi connectivity index (χ0n) is 13.4. The molecule has 126 valence electrons. The lowest BCUT2D eigenvalue weighted by Gasteiger charge is -2.08. The summed E-state index contributed by atoms with van der Waals surface area (Å²) in [5, 5.41) is 3.86. The van der Waals surface area contributed by atoms with Gasteiger partial charge in [-0.15, -0.1) is 0 Å². The first-order valence-corrected chi connectivity index (χ1v) is 9.09. The summed E-state index contributed by atoms with van der Waals surface area (Å²) in [6.45, 7) is 1.94. The number of amides is 1. The zero-order chi connectivity index (χ0) is 17.4. The molecule has 0 aliphatic rings. The minimum Gasteiger partial charge on any atom is -0.326 e. The number of nitrogens with one attached hydrogen (secondary N) is 2. The van der Waals surface area contributed by atoms with Crippen molar-refractivity contribution in [2.75, 3.05) is 11.9 Å². The van der Waals surface area contributed by atoms with Crippen LogP contribution in [0.15, 0.2) is 60.0 Å². The molecule has 5 nitrogen and oxygen atoms in total. The second-order valence-corrected chi connectivity index (χ2v) is 6.92. The predicted molar refractivity (Wildman–Crippen MR) is 96.8 cm³/mol. The molecular weight excluding hydrogens is 324 g/mol. The molecule has 0 spiro atoms. The van der Waals surface area contributed by atoms with E-state index in [0.717, 1.165) is 22.2 Å². The molecule has 2 aromatic carbocycles. The third-order valence-corrected chi connectivity index (χ3v) is 4.41. The number of carbonyl (C=O) groups excluding carboxylic acids is 1. The van der Waals surface area contributed by atoms with Crippen molar-refractivity contribution in [3.05, 3.63) is 71.1 Å². The van der Waals surface area contributed by atoms with Crippen molar-refractivity contribution >= 4 is 27.7 Å². The van der Waals surface area contributed by atoms with Crippen LogP contribution in [0.25, 0.3) is 6.08 Å². The van der Waals surface area contributed by atoms with Crippen LogP contribution in [-0.2, 0) is 14.8 Å². The topological polar surface area (TPSA) is 75.3 Å². The fraction of sp³-hybridized carbons (Fsp3) is 0.167. The van der Waals surface area contributed by atoms with Crippen molar-refractivity contribution in [3.63, 3.8) is 0 Å². The highest BCUT2D eigenvalue weighted by Gasteiger charge is 2.08. The minimum absolute atomic E-state index is 0.0409. The van der Waals surface area contributed by atoms with E-state index < -0.39 is 10.0 Å². The van der Waals surface area contributed by atoms with Crippen LogP contribution in [0.4, 0.5) is 5.69 Å². The molecule has 0 saturated carbocycles. The molecule has 0 aliphatic heterocycles. The van der Waals surface area contributed by atoms with Crippen LogP contribution in [0.2, 0.25) is 0 Å². The van der Waals surface area contributed by atoms with Crippen molar-refractivity contribution in [1.82, 2.24) is 4.72 Å². The van der Waals surface area contributed by atoms with Crippen molar-refractivity contribution in [2.45, 2.75) is 13.3 Å². The molecule has 0 unspecified atom stereocenters. The van der Waals surface area contributed by atoms with Crippen molar-refractivity contribution in [2.24, 2.45) is 0 Å². The van der Waals surface area contributed by atoms with Crippen LogP contribution in [0.3, 0.4) is 0 Å². The Morgan fingerprint density at radius 1 is 1.04 bits per heavy atom. The molecule has 2 aromatic rings. The maximum absolute atomic E-state index is 11.9. The molecule has 0 heterocycles. The average Bonchev–Trinajstić information content (AvgIpc) is 2.56. The first-order chi connectivity index (χ1) is 11.5. The summed E-state index contributed by atoms with van der Waals surface area (Å²) in [5.74, 6) is -0.237. The van der Waals surface area contributed by atoms with Gasteiger partial charge < -0.3 is 5.32 Å². The number of rotatable bonds is 7. The summed E-state index contributed by atoms with van der Waals surface area (Å²) >= 11 is 0. The quantitative estimate of drug-likeness (QED) is 0.811. The molecule has 0 saturated heterocycles. The highest BCUT2D eigenvalue weighted by molar-refractivity contribution is 7.92. The van der Waals surface area contributed by atoms with E-state index in [1.54, 1.807) is 6.07 Å². The third kappa shape index (κ3) is 5.98.